The highest BCUT2D eigenvalue weighted by Crippen LogP contribution is 2.41. The van der Waals surface area contributed by atoms with Crippen LogP contribution in [0.5, 0.6) is 0 Å². The van der Waals surface area contributed by atoms with Crippen molar-refractivity contribution in [1.29, 1.82) is 0 Å². The number of rotatable bonds is 4. The van der Waals surface area contributed by atoms with Gasteiger partial charge in [-0.2, -0.15) is 13.2 Å². The first-order valence-electron chi connectivity index (χ1n) is 7.03. The Bertz CT molecular complexity index is 585. The molecule has 2 amide bonds. The number of halogens is 3. The van der Waals surface area contributed by atoms with Crippen molar-refractivity contribution in [1.82, 2.24) is 10.2 Å². The third kappa shape index (κ3) is 3.64. The normalized spacial score (nSPS) is 18.0. The van der Waals surface area contributed by atoms with Crippen LogP contribution >= 0.6 is 0 Å². The van der Waals surface area contributed by atoms with Crippen molar-refractivity contribution in [2.45, 2.75) is 31.2 Å². The first-order chi connectivity index (χ1) is 10.6. The highest BCUT2D eigenvalue weighted by molar-refractivity contribution is 5.79. The number of amides is 2. The Morgan fingerprint density at radius 3 is 2.30 bits per heavy atom. The smallest absolute Gasteiger partial charge is 0.376 e. The van der Waals surface area contributed by atoms with Crippen LogP contribution in [0.1, 0.15) is 18.9 Å². The first kappa shape index (κ1) is 17.3. The fourth-order valence-corrected chi connectivity index (χ4v) is 2.42. The lowest BCUT2D eigenvalue weighted by atomic mass is 9.89. The van der Waals surface area contributed by atoms with Crippen LogP contribution in [-0.4, -0.2) is 47.1 Å². The van der Waals surface area contributed by atoms with Crippen LogP contribution < -0.4 is 5.32 Å². The molecule has 0 radical (unpaired) electrons. The van der Waals surface area contributed by atoms with Gasteiger partial charge in [0, 0.05) is 20.0 Å². The summed E-state index contributed by atoms with van der Waals surface area (Å²) in [7, 11) is 0. The van der Waals surface area contributed by atoms with Crippen LogP contribution in [0.2, 0.25) is 0 Å². The molecule has 1 unspecified atom stereocenters. The molecular weight excluding hydrogens is 313 g/mol. The number of carbonyl (C=O) groups excluding carboxylic acids is 2. The van der Waals surface area contributed by atoms with E-state index in [0.717, 1.165) is 12.1 Å². The summed E-state index contributed by atoms with van der Waals surface area (Å²) in [4.78, 5) is 24.4. The number of alkyl halides is 3. The second-order valence-electron chi connectivity index (χ2n) is 5.59. The van der Waals surface area contributed by atoms with E-state index in [2.05, 4.69) is 5.32 Å². The molecule has 126 valence electrons. The van der Waals surface area contributed by atoms with Crippen molar-refractivity contribution in [3.8, 4) is 0 Å². The lowest BCUT2D eigenvalue weighted by Crippen LogP contribution is -2.61. The summed E-state index contributed by atoms with van der Waals surface area (Å²) in [6.45, 7) is 1.89. The molecule has 0 aromatic heterocycles. The summed E-state index contributed by atoms with van der Waals surface area (Å²) >= 11 is 0. The molecule has 2 N–H and O–H groups in total. The van der Waals surface area contributed by atoms with Crippen molar-refractivity contribution in [3.05, 3.63) is 35.9 Å². The lowest BCUT2D eigenvalue weighted by molar-refractivity contribution is -0.267. The molecule has 2 rings (SSSR count). The number of aliphatic hydroxyl groups is 1. The summed E-state index contributed by atoms with van der Waals surface area (Å²) in [5, 5.41) is 12.5. The van der Waals surface area contributed by atoms with E-state index < -0.39 is 24.1 Å². The number of carbonyl (C=O) groups is 2. The van der Waals surface area contributed by atoms with E-state index >= 15 is 0 Å². The second kappa shape index (κ2) is 6.19. The van der Waals surface area contributed by atoms with Crippen LogP contribution in [-0.2, 0) is 15.2 Å². The third-order valence-electron chi connectivity index (χ3n) is 3.83. The highest BCUT2D eigenvalue weighted by atomic mass is 19.4. The van der Waals surface area contributed by atoms with Crippen molar-refractivity contribution < 1.29 is 27.9 Å². The molecule has 1 heterocycles. The predicted molar refractivity (Wildman–Crippen MR) is 75.2 cm³/mol. The minimum absolute atomic E-state index is 0.161. The molecule has 1 aromatic carbocycles. The van der Waals surface area contributed by atoms with Gasteiger partial charge in [-0.15, -0.1) is 0 Å². The van der Waals surface area contributed by atoms with Crippen LogP contribution in [0, 0.1) is 0 Å². The maximum Gasteiger partial charge on any atom is 0.421 e. The van der Waals surface area contributed by atoms with E-state index in [-0.39, 0.29) is 30.6 Å². The number of hydrogen-bond donors (Lipinski definition) is 2. The van der Waals surface area contributed by atoms with Crippen molar-refractivity contribution >= 4 is 11.8 Å². The van der Waals surface area contributed by atoms with Gasteiger partial charge in [-0.3, -0.25) is 9.59 Å². The van der Waals surface area contributed by atoms with Crippen molar-refractivity contribution in [2.75, 3.05) is 13.1 Å². The van der Waals surface area contributed by atoms with Gasteiger partial charge in [0.15, 0.2) is 5.60 Å². The van der Waals surface area contributed by atoms with E-state index in [1.807, 2.05) is 0 Å². The molecule has 0 saturated carbocycles. The second-order valence-corrected chi connectivity index (χ2v) is 5.59. The van der Waals surface area contributed by atoms with Crippen molar-refractivity contribution in [3.63, 3.8) is 0 Å². The molecule has 23 heavy (non-hydrogen) atoms. The van der Waals surface area contributed by atoms with Gasteiger partial charge in [0.25, 0.3) is 0 Å². The lowest BCUT2D eigenvalue weighted by Gasteiger charge is -2.39. The Morgan fingerprint density at radius 1 is 1.26 bits per heavy atom. The van der Waals surface area contributed by atoms with Gasteiger partial charge >= 0.3 is 6.18 Å². The number of nitrogens with zero attached hydrogens (tertiary/aromatic N) is 1. The average molecular weight is 330 g/mol. The zero-order valence-corrected chi connectivity index (χ0v) is 12.4. The number of likely N-dealkylation sites (tertiary alicyclic amines) is 1. The van der Waals surface area contributed by atoms with E-state index in [9.17, 15) is 27.9 Å². The molecule has 0 aliphatic carbocycles. The number of nitrogens with one attached hydrogen (secondary N) is 1. The van der Waals surface area contributed by atoms with Crippen LogP contribution in [0.15, 0.2) is 30.3 Å². The van der Waals surface area contributed by atoms with Gasteiger partial charge < -0.3 is 15.3 Å². The third-order valence-corrected chi connectivity index (χ3v) is 3.83. The Hall–Kier alpha value is -2.09. The molecule has 1 fully saturated rings. The maximum absolute atomic E-state index is 13.3. The number of benzene rings is 1. The minimum atomic E-state index is -4.99. The Balaban J connectivity index is 2.05. The molecule has 1 aromatic rings. The van der Waals surface area contributed by atoms with Gasteiger partial charge in [0.1, 0.15) is 0 Å². The van der Waals surface area contributed by atoms with Gasteiger partial charge in [-0.1, -0.05) is 30.3 Å². The largest absolute Gasteiger partial charge is 0.421 e. The SMILES string of the molecule is CC(=O)N1CC(NC(=O)CC(O)(c2ccccc2)C(F)(F)F)C1. The standard InChI is InChI=1S/C15H17F3N2O3/c1-10(21)20-8-12(9-20)19-13(22)7-14(23,15(16,17)18)11-5-3-2-4-6-11/h2-6,12,23H,7-9H2,1H3,(H,19,22). The fraction of sp³-hybridized carbons (Fsp3) is 0.467. The topological polar surface area (TPSA) is 69.6 Å². The summed E-state index contributed by atoms with van der Waals surface area (Å²) < 4.78 is 39.8. The molecule has 1 atom stereocenters. The Kier molecular flexibility index (Phi) is 4.65. The van der Waals surface area contributed by atoms with Gasteiger partial charge in [0.05, 0.1) is 12.5 Å². The zero-order chi connectivity index (χ0) is 17.3. The van der Waals surface area contributed by atoms with Gasteiger partial charge in [0.2, 0.25) is 11.8 Å². The monoisotopic (exact) mass is 330 g/mol. The van der Waals surface area contributed by atoms with Crippen LogP contribution in [0.25, 0.3) is 0 Å². The van der Waals surface area contributed by atoms with Crippen LogP contribution in [0.4, 0.5) is 13.2 Å². The molecule has 0 spiro atoms. The summed E-state index contributed by atoms with van der Waals surface area (Å²) in [5.41, 5.74) is -3.64. The van der Waals surface area contributed by atoms with E-state index in [1.165, 1.54) is 30.0 Å². The fourth-order valence-electron chi connectivity index (χ4n) is 2.42. The Morgan fingerprint density at radius 2 is 1.83 bits per heavy atom. The summed E-state index contributed by atoms with van der Waals surface area (Å²) in [5.74, 6) is -1.08. The van der Waals surface area contributed by atoms with E-state index in [1.54, 1.807) is 0 Å². The molecule has 1 aliphatic rings. The molecule has 5 nitrogen and oxygen atoms in total. The summed E-state index contributed by atoms with van der Waals surface area (Å²) in [6.07, 6.45) is -6.12. The highest BCUT2D eigenvalue weighted by Gasteiger charge is 2.56. The summed E-state index contributed by atoms with van der Waals surface area (Å²) in [6, 6.07) is 6.11. The van der Waals surface area contributed by atoms with E-state index in [0.29, 0.717) is 0 Å². The molecule has 1 aliphatic heterocycles. The van der Waals surface area contributed by atoms with Crippen LogP contribution in [0.3, 0.4) is 0 Å². The molecule has 0 bridgehead atoms. The maximum atomic E-state index is 13.3. The molecule has 8 heteroatoms. The number of hydrogen-bond acceptors (Lipinski definition) is 3. The van der Waals surface area contributed by atoms with E-state index in [4.69, 9.17) is 0 Å². The Labute approximate surface area is 131 Å². The van der Waals surface area contributed by atoms with Gasteiger partial charge in [-0.25, -0.2) is 0 Å². The zero-order valence-electron chi connectivity index (χ0n) is 12.4. The van der Waals surface area contributed by atoms with Crippen molar-refractivity contribution in [2.24, 2.45) is 0 Å². The molecular formula is C15H17F3N2O3. The molecule has 1 saturated heterocycles. The van der Waals surface area contributed by atoms with Gasteiger partial charge in [-0.05, 0) is 5.56 Å². The first-order valence-corrected chi connectivity index (χ1v) is 7.03. The average Bonchev–Trinajstić information content (AvgIpc) is 2.41. The quantitative estimate of drug-likeness (QED) is 0.871. The minimum Gasteiger partial charge on any atom is -0.376 e. The predicted octanol–water partition coefficient (Wildman–Crippen LogP) is 1.17.